The molecule has 138 valence electrons. The van der Waals surface area contributed by atoms with Gasteiger partial charge in [0.05, 0.1) is 6.61 Å². The monoisotopic (exact) mass is 348 g/mol. The zero-order valence-electron chi connectivity index (χ0n) is 15.1. The van der Waals surface area contributed by atoms with Gasteiger partial charge in [0.2, 0.25) is 0 Å². The van der Waals surface area contributed by atoms with E-state index in [2.05, 4.69) is 16.7 Å². The van der Waals surface area contributed by atoms with Crippen LogP contribution in [0.3, 0.4) is 0 Å². The molecule has 0 aliphatic rings. The maximum atomic E-state index is 10.2. The van der Waals surface area contributed by atoms with E-state index in [1.54, 1.807) is 0 Å². The molecule has 0 atom stereocenters. The van der Waals surface area contributed by atoms with Crippen molar-refractivity contribution in [1.29, 1.82) is 0 Å². The first-order valence-electron chi connectivity index (χ1n) is 9.76. The molecule has 3 nitrogen and oxygen atoms in total. The van der Waals surface area contributed by atoms with Gasteiger partial charge >= 0.3 is 5.43 Å². The zero-order chi connectivity index (χ0) is 17.0. The topological polar surface area (TPSA) is 35.5 Å². The lowest BCUT2D eigenvalue weighted by Gasteiger charge is -2.03. The Bertz CT molecular complexity index is 247. The smallest absolute Gasteiger partial charge is 0.280 e. The second-order valence-corrected chi connectivity index (χ2v) is 6.75. The molecule has 0 aliphatic heterocycles. The van der Waals surface area contributed by atoms with Crippen LogP contribution in [-0.4, -0.2) is 12.0 Å². The van der Waals surface area contributed by atoms with Crippen LogP contribution in [0, 0.1) is 0 Å². The average Bonchev–Trinajstić information content (AvgIpc) is 2.53. The van der Waals surface area contributed by atoms with Crippen molar-refractivity contribution in [2.24, 2.45) is 0 Å². The van der Waals surface area contributed by atoms with Crippen molar-refractivity contribution < 1.29 is 14.6 Å². The Kier molecular flexibility index (Phi) is 19.5. The van der Waals surface area contributed by atoms with Crippen LogP contribution in [-0.2, 0) is 9.78 Å². The van der Waals surface area contributed by atoms with E-state index in [9.17, 15) is 4.79 Å². The van der Waals surface area contributed by atoms with Crippen LogP contribution < -0.4 is 0 Å². The predicted octanol–water partition coefficient (Wildman–Crippen LogP) is 7.55. The summed E-state index contributed by atoms with van der Waals surface area (Å²) in [6.07, 6.45) is 21.4. The molecule has 0 spiro atoms. The highest BCUT2D eigenvalue weighted by Crippen LogP contribution is 2.13. The van der Waals surface area contributed by atoms with E-state index in [-0.39, 0.29) is 0 Å². The van der Waals surface area contributed by atoms with Crippen LogP contribution in [0.5, 0.6) is 0 Å². The summed E-state index contributed by atoms with van der Waals surface area (Å²) in [7, 11) is 0. The quantitative estimate of drug-likeness (QED) is 0.111. The van der Waals surface area contributed by atoms with E-state index in [4.69, 9.17) is 11.6 Å². The Morgan fingerprint density at radius 1 is 0.652 bits per heavy atom. The summed E-state index contributed by atoms with van der Waals surface area (Å²) in [5.41, 5.74) is -0.901. The van der Waals surface area contributed by atoms with Crippen LogP contribution in [0.15, 0.2) is 0 Å². The molecule has 0 N–H and O–H groups in total. The summed E-state index contributed by atoms with van der Waals surface area (Å²) in [4.78, 5) is 19.1. The van der Waals surface area contributed by atoms with Crippen molar-refractivity contribution in [3.05, 3.63) is 0 Å². The third-order valence-electron chi connectivity index (χ3n) is 4.21. The van der Waals surface area contributed by atoms with Crippen molar-refractivity contribution in [3.63, 3.8) is 0 Å². The normalized spacial score (nSPS) is 10.9. The van der Waals surface area contributed by atoms with Gasteiger partial charge in [-0.2, -0.15) is 4.89 Å². The van der Waals surface area contributed by atoms with Crippen molar-refractivity contribution in [1.82, 2.24) is 0 Å². The second-order valence-electron chi connectivity index (χ2n) is 6.45. The minimum Gasteiger partial charge on any atom is -0.280 e. The third kappa shape index (κ3) is 21.7. The number of carbonyl (C=O) groups is 1. The van der Waals surface area contributed by atoms with Crippen molar-refractivity contribution in [3.8, 4) is 0 Å². The molecule has 0 rings (SSSR count). The first-order chi connectivity index (χ1) is 11.3. The summed E-state index contributed by atoms with van der Waals surface area (Å²) in [5, 5.41) is 0. The van der Waals surface area contributed by atoms with Gasteiger partial charge in [0.1, 0.15) is 0 Å². The first-order valence-corrected chi connectivity index (χ1v) is 10.1. The Morgan fingerprint density at radius 2 is 1.00 bits per heavy atom. The molecular formula is C19H37ClO3. The van der Waals surface area contributed by atoms with Crippen molar-refractivity contribution in [2.45, 2.75) is 110 Å². The maximum absolute atomic E-state index is 10.2. The summed E-state index contributed by atoms with van der Waals surface area (Å²) < 4.78 is 0. The maximum Gasteiger partial charge on any atom is 0.435 e. The highest BCUT2D eigenvalue weighted by atomic mass is 35.5. The number of hydrogen-bond acceptors (Lipinski definition) is 3. The van der Waals surface area contributed by atoms with Gasteiger partial charge in [-0.1, -0.05) is 103 Å². The Morgan fingerprint density at radius 3 is 1.35 bits per heavy atom. The largest absolute Gasteiger partial charge is 0.435 e. The Hall–Kier alpha value is -0.280. The molecule has 4 heteroatoms. The molecule has 0 fully saturated rings. The summed E-state index contributed by atoms with van der Waals surface area (Å²) in [6, 6.07) is 0. The number of unbranched alkanes of at least 4 members (excludes halogenated alkanes) is 15. The number of rotatable bonds is 18. The molecule has 0 unspecified atom stereocenters. The molecule has 0 aromatic rings. The lowest BCUT2D eigenvalue weighted by atomic mass is 10.0. The zero-order valence-corrected chi connectivity index (χ0v) is 15.9. The molecule has 0 amide bonds. The number of halogens is 1. The van der Waals surface area contributed by atoms with Crippen LogP contribution in [0.4, 0.5) is 4.79 Å². The van der Waals surface area contributed by atoms with Crippen LogP contribution >= 0.6 is 11.6 Å². The number of carbonyl (C=O) groups excluding carboxylic acids is 1. The lowest BCUT2D eigenvalue weighted by Crippen LogP contribution is -1.98. The molecular weight excluding hydrogens is 312 g/mol. The molecule has 0 aromatic heterocycles. The first kappa shape index (κ1) is 22.7. The van der Waals surface area contributed by atoms with Gasteiger partial charge in [-0.05, 0) is 6.42 Å². The molecule has 0 saturated carbocycles. The van der Waals surface area contributed by atoms with Crippen molar-refractivity contribution >= 4 is 17.0 Å². The Balaban J connectivity index is 2.96. The number of hydrogen-bond donors (Lipinski definition) is 0. The molecule has 0 aromatic carbocycles. The molecule has 0 radical (unpaired) electrons. The molecule has 0 saturated heterocycles. The van der Waals surface area contributed by atoms with E-state index in [0.29, 0.717) is 6.61 Å². The fourth-order valence-corrected chi connectivity index (χ4v) is 2.84. The minimum atomic E-state index is -0.901. The van der Waals surface area contributed by atoms with E-state index in [1.807, 2.05) is 0 Å². The summed E-state index contributed by atoms with van der Waals surface area (Å²) in [6.45, 7) is 2.71. The van der Waals surface area contributed by atoms with Crippen molar-refractivity contribution in [2.75, 3.05) is 6.61 Å². The fraction of sp³-hybridized carbons (Fsp3) is 0.947. The lowest BCUT2D eigenvalue weighted by molar-refractivity contribution is -0.231. The van der Waals surface area contributed by atoms with Crippen LogP contribution in [0.1, 0.15) is 110 Å². The van der Waals surface area contributed by atoms with Gasteiger partial charge < -0.3 is 0 Å². The fourth-order valence-electron chi connectivity index (χ4n) is 2.80. The predicted molar refractivity (Wildman–Crippen MR) is 97.8 cm³/mol. The summed E-state index contributed by atoms with van der Waals surface area (Å²) in [5.74, 6) is 0. The SMILES string of the molecule is CCCCCCCCCCCCCCCCCCOOC(=O)Cl. The van der Waals surface area contributed by atoms with Crippen LogP contribution in [0.2, 0.25) is 0 Å². The highest BCUT2D eigenvalue weighted by molar-refractivity contribution is 6.61. The molecule has 0 aliphatic carbocycles. The van der Waals surface area contributed by atoms with Gasteiger partial charge in [-0.15, -0.1) is 0 Å². The van der Waals surface area contributed by atoms with E-state index in [0.717, 1.165) is 12.8 Å². The highest BCUT2D eigenvalue weighted by Gasteiger charge is 1.97. The van der Waals surface area contributed by atoms with E-state index in [1.165, 1.54) is 89.9 Å². The molecule has 0 bridgehead atoms. The summed E-state index contributed by atoms with van der Waals surface area (Å²) >= 11 is 4.97. The van der Waals surface area contributed by atoms with Gasteiger partial charge in [-0.3, -0.25) is 4.89 Å². The third-order valence-corrected chi connectivity index (χ3v) is 4.27. The van der Waals surface area contributed by atoms with Gasteiger partial charge in [-0.25, -0.2) is 4.79 Å². The molecule has 0 heterocycles. The van der Waals surface area contributed by atoms with Crippen LogP contribution in [0.25, 0.3) is 0 Å². The minimum absolute atomic E-state index is 0.441. The Labute approximate surface area is 148 Å². The van der Waals surface area contributed by atoms with E-state index < -0.39 is 5.43 Å². The van der Waals surface area contributed by atoms with Gasteiger partial charge in [0.15, 0.2) is 0 Å². The second kappa shape index (κ2) is 19.8. The van der Waals surface area contributed by atoms with Gasteiger partial charge in [0.25, 0.3) is 0 Å². The standard InChI is InChI=1S/C19H37ClO3/c1-2-3-4-5-6-7-8-9-10-11-12-13-14-15-16-17-18-22-23-19(20)21/h2-18H2,1H3. The molecule has 23 heavy (non-hydrogen) atoms. The van der Waals surface area contributed by atoms with Gasteiger partial charge in [0, 0.05) is 11.6 Å². The average molecular weight is 349 g/mol. The van der Waals surface area contributed by atoms with E-state index >= 15 is 0 Å².